The van der Waals surface area contributed by atoms with Crippen molar-refractivity contribution in [2.75, 3.05) is 11.6 Å². The molecule has 0 bridgehead atoms. The molecule has 2 aliphatic rings. The van der Waals surface area contributed by atoms with Crippen LogP contribution < -0.4 is 4.90 Å². The monoisotopic (exact) mass is 516 g/mol. The number of alkyl halides is 9. The predicted molar refractivity (Wildman–Crippen MR) is 114 cm³/mol. The Bertz CT molecular complexity index is 824. The zero-order valence-corrected chi connectivity index (χ0v) is 19.2. The van der Waals surface area contributed by atoms with E-state index in [2.05, 4.69) is 0 Å². The van der Waals surface area contributed by atoms with E-state index in [4.69, 9.17) is 0 Å². The van der Waals surface area contributed by atoms with E-state index in [9.17, 15) is 39.5 Å². The lowest BCUT2D eigenvalue weighted by molar-refractivity contribution is -0.147. The first kappa shape index (κ1) is 27.5. The van der Waals surface area contributed by atoms with Crippen molar-refractivity contribution in [3.05, 3.63) is 41.2 Å². The third-order valence-electron chi connectivity index (χ3n) is 6.63. The summed E-state index contributed by atoms with van der Waals surface area (Å²) in [5.41, 5.74) is -7.19. The summed E-state index contributed by atoms with van der Waals surface area (Å²) in [6.45, 7) is -0.289. The van der Waals surface area contributed by atoms with E-state index in [1.54, 1.807) is 4.90 Å². The molecular weight excluding hydrogens is 487 g/mol. The third kappa shape index (κ3) is 7.22. The topological polar surface area (TPSA) is 6.48 Å². The van der Waals surface area contributed by atoms with Crippen LogP contribution in [0.5, 0.6) is 0 Å². The Labute approximate surface area is 198 Å². The second kappa shape index (κ2) is 10.9. The zero-order chi connectivity index (χ0) is 25.9. The van der Waals surface area contributed by atoms with E-state index in [0.717, 1.165) is 75.3 Å². The summed E-state index contributed by atoms with van der Waals surface area (Å²) in [6, 6.07) is -0.539. The molecule has 11 heteroatoms. The van der Waals surface area contributed by atoms with Crippen molar-refractivity contribution in [1.82, 2.24) is 4.90 Å². The largest absolute Gasteiger partial charge is 0.418 e. The lowest BCUT2D eigenvalue weighted by Gasteiger charge is -2.32. The second-order valence-corrected chi connectivity index (χ2v) is 9.25. The number of anilines is 1. The molecule has 0 unspecified atom stereocenters. The SMILES string of the molecule is FC(F)(F)c1cc(C(F)(F)F)c(N2C=CN(C3CCCCCCCCCCC3)C2)c(C(F)(F)F)c1. The maximum Gasteiger partial charge on any atom is 0.418 e. The molecule has 3 rings (SSSR count). The van der Waals surface area contributed by atoms with Crippen LogP contribution in [0, 0.1) is 0 Å². The van der Waals surface area contributed by atoms with Crippen LogP contribution in [0.15, 0.2) is 24.5 Å². The molecule has 1 saturated carbocycles. The Balaban J connectivity index is 1.92. The summed E-state index contributed by atoms with van der Waals surface area (Å²) in [7, 11) is 0. The third-order valence-corrected chi connectivity index (χ3v) is 6.63. The first-order valence-corrected chi connectivity index (χ1v) is 11.9. The average molecular weight is 516 g/mol. The van der Waals surface area contributed by atoms with E-state index >= 15 is 0 Å². The molecule has 0 atom stereocenters. The van der Waals surface area contributed by atoms with Crippen LogP contribution in [0.1, 0.15) is 87.3 Å². The Hall–Kier alpha value is -2.07. The van der Waals surface area contributed by atoms with Gasteiger partial charge in [0.25, 0.3) is 0 Å². The molecule has 1 aromatic rings. The molecule has 0 radical (unpaired) electrons. The van der Waals surface area contributed by atoms with Crippen LogP contribution in [0.3, 0.4) is 0 Å². The molecule has 1 heterocycles. The number of hydrogen-bond donors (Lipinski definition) is 0. The lowest BCUT2D eigenvalue weighted by atomic mass is 9.97. The van der Waals surface area contributed by atoms with Gasteiger partial charge in [0.1, 0.15) is 0 Å². The maximum atomic E-state index is 13.7. The number of hydrogen-bond acceptors (Lipinski definition) is 2. The summed E-state index contributed by atoms with van der Waals surface area (Å²) in [6.07, 6.45) is -2.64. The fraction of sp³-hybridized carbons (Fsp3) is 0.667. The Morgan fingerprint density at radius 3 is 1.40 bits per heavy atom. The van der Waals surface area contributed by atoms with Gasteiger partial charge in [-0.15, -0.1) is 0 Å². The fourth-order valence-electron chi connectivity index (χ4n) is 4.83. The summed E-state index contributed by atoms with van der Waals surface area (Å²) in [5, 5.41) is 0. The fourth-order valence-corrected chi connectivity index (χ4v) is 4.83. The molecule has 1 aromatic carbocycles. The van der Waals surface area contributed by atoms with Crippen molar-refractivity contribution in [3.8, 4) is 0 Å². The molecule has 1 fully saturated rings. The summed E-state index contributed by atoms with van der Waals surface area (Å²) in [5.74, 6) is 0. The van der Waals surface area contributed by atoms with E-state index in [0.29, 0.717) is 0 Å². The summed E-state index contributed by atoms with van der Waals surface area (Å²) < 4.78 is 122. The number of halogens is 9. The van der Waals surface area contributed by atoms with Crippen molar-refractivity contribution >= 4 is 5.69 Å². The van der Waals surface area contributed by atoms with Crippen molar-refractivity contribution in [2.45, 2.75) is 95.2 Å². The van der Waals surface area contributed by atoms with Crippen molar-refractivity contribution in [2.24, 2.45) is 0 Å². The Morgan fingerprint density at radius 2 is 1.00 bits per heavy atom. The minimum atomic E-state index is -5.41. The Kier molecular flexibility index (Phi) is 8.57. The van der Waals surface area contributed by atoms with Gasteiger partial charge in [-0.1, -0.05) is 57.8 Å². The minimum Gasteiger partial charge on any atom is -0.355 e. The molecule has 0 aromatic heterocycles. The predicted octanol–water partition coefficient (Wildman–Crippen LogP) is 8.97. The second-order valence-electron chi connectivity index (χ2n) is 9.25. The highest BCUT2D eigenvalue weighted by atomic mass is 19.4. The average Bonchev–Trinajstić information content (AvgIpc) is 3.21. The van der Waals surface area contributed by atoms with E-state index in [1.165, 1.54) is 12.6 Å². The molecule has 2 nitrogen and oxygen atoms in total. The maximum absolute atomic E-state index is 13.7. The molecule has 1 aliphatic heterocycles. The van der Waals surface area contributed by atoms with Crippen molar-refractivity contribution in [1.29, 1.82) is 0 Å². The van der Waals surface area contributed by atoms with Crippen molar-refractivity contribution in [3.63, 3.8) is 0 Å². The summed E-state index contributed by atoms with van der Waals surface area (Å²) in [4.78, 5) is 2.48. The smallest absolute Gasteiger partial charge is 0.355 e. The van der Waals surface area contributed by atoms with Gasteiger partial charge in [-0.25, -0.2) is 0 Å². The molecule has 0 saturated heterocycles. The lowest BCUT2D eigenvalue weighted by Crippen LogP contribution is -2.35. The first-order chi connectivity index (χ1) is 16.3. The Morgan fingerprint density at radius 1 is 0.571 bits per heavy atom. The molecule has 1 aliphatic carbocycles. The molecular formula is C24H29F9N2. The zero-order valence-electron chi connectivity index (χ0n) is 19.2. The van der Waals surface area contributed by atoms with Crippen LogP contribution in [0.2, 0.25) is 0 Å². The molecule has 0 spiro atoms. The van der Waals surface area contributed by atoms with Crippen LogP contribution >= 0.6 is 0 Å². The van der Waals surface area contributed by atoms with Gasteiger partial charge in [0.05, 0.1) is 29.0 Å². The minimum absolute atomic E-state index is 0.0613. The molecule has 0 amide bonds. The van der Waals surface area contributed by atoms with E-state index in [-0.39, 0.29) is 24.8 Å². The van der Waals surface area contributed by atoms with Gasteiger partial charge in [0.2, 0.25) is 0 Å². The normalized spacial score (nSPS) is 20.1. The highest BCUT2D eigenvalue weighted by molar-refractivity contribution is 5.66. The van der Waals surface area contributed by atoms with Crippen LogP contribution in [-0.2, 0) is 18.5 Å². The van der Waals surface area contributed by atoms with Crippen LogP contribution in [0.4, 0.5) is 45.2 Å². The number of benzene rings is 1. The van der Waals surface area contributed by atoms with Crippen LogP contribution in [-0.4, -0.2) is 17.6 Å². The van der Waals surface area contributed by atoms with E-state index in [1.807, 2.05) is 0 Å². The van der Waals surface area contributed by atoms with Crippen LogP contribution in [0.25, 0.3) is 0 Å². The quantitative estimate of drug-likeness (QED) is 0.362. The highest BCUT2D eigenvalue weighted by Gasteiger charge is 2.46. The molecule has 35 heavy (non-hydrogen) atoms. The molecule has 198 valence electrons. The standard InChI is InChI=1S/C24H29F9N2/c25-22(26,27)17-14-19(23(28,29)30)21(20(15-17)24(31,32)33)35-13-12-34(16-35)18-10-8-6-4-2-1-3-5-7-9-11-18/h12-15,18H,1-11,16H2. The van der Waals surface area contributed by atoms with E-state index < -0.39 is 40.9 Å². The van der Waals surface area contributed by atoms with Gasteiger partial charge >= 0.3 is 18.5 Å². The first-order valence-electron chi connectivity index (χ1n) is 11.9. The van der Waals surface area contributed by atoms with Gasteiger partial charge < -0.3 is 9.80 Å². The van der Waals surface area contributed by atoms with Gasteiger partial charge in [0, 0.05) is 18.4 Å². The van der Waals surface area contributed by atoms with Gasteiger partial charge in [-0.2, -0.15) is 39.5 Å². The van der Waals surface area contributed by atoms with Gasteiger partial charge in [0.15, 0.2) is 0 Å². The summed E-state index contributed by atoms with van der Waals surface area (Å²) >= 11 is 0. The highest BCUT2D eigenvalue weighted by Crippen LogP contribution is 2.48. The number of rotatable bonds is 2. The number of nitrogens with zero attached hydrogens (tertiary/aromatic N) is 2. The van der Waals surface area contributed by atoms with Crippen molar-refractivity contribution < 1.29 is 39.5 Å². The molecule has 0 N–H and O–H groups in total. The van der Waals surface area contributed by atoms with Gasteiger partial charge in [-0.3, -0.25) is 0 Å². The van der Waals surface area contributed by atoms with Gasteiger partial charge in [-0.05, 0) is 25.0 Å².